The number of anilines is 1. The van der Waals surface area contributed by atoms with Gasteiger partial charge in [0.25, 0.3) is 0 Å². The molecule has 0 saturated heterocycles. The summed E-state index contributed by atoms with van der Waals surface area (Å²) in [5, 5.41) is 48.3. The van der Waals surface area contributed by atoms with Gasteiger partial charge in [0.15, 0.2) is 12.6 Å². The van der Waals surface area contributed by atoms with Gasteiger partial charge in [0.05, 0.1) is 35.5 Å². The number of nitrogens with zero attached hydrogens (tertiary/aromatic N) is 5. The lowest BCUT2D eigenvalue weighted by Crippen LogP contribution is -2.35. The van der Waals surface area contributed by atoms with E-state index in [1.807, 2.05) is 72.8 Å². The second-order valence-electron chi connectivity index (χ2n) is 12.8. The molecule has 2 heterocycles. The van der Waals surface area contributed by atoms with Crippen molar-refractivity contribution >= 4 is 23.3 Å². The largest absolute Gasteiger partial charge is 0.481 e. The van der Waals surface area contributed by atoms with Crippen LogP contribution in [0.25, 0.3) is 0 Å². The van der Waals surface area contributed by atoms with Crippen molar-refractivity contribution in [2.24, 2.45) is 17.3 Å². The van der Waals surface area contributed by atoms with Crippen LogP contribution in [0.3, 0.4) is 0 Å². The first-order valence-corrected chi connectivity index (χ1v) is 14.7. The van der Waals surface area contributed by atoms with Gasteiger partial charge in [-0.2, -0.15) is 15.8 Å². The average molecular weight is 593 g/mol. The summed E-state index contributed by atoms with van der Waals surface area (Å²) >= 11 is 0. The Morgan fingerprint density at radius 3 is 2.41 bits per heavy atom. The van der Waals surface area contributed by atoms with Gasteiger partial charge in [-0.25, -0.2) is 4.58 Å². The number of aliphatic carboxylic acids is 2. The second kappa shape index (κ2) is 12.3. The van der Waals surface area contributed by atoms with Gasteiger partial charge in [-0.3, -0.25) is 9.59 Å². The summed E-state index contributed by atoms with van der Waals surface area (Å²) in [6.45, 7) is 10.6. The molecule has 3 atom stereocenters. The highest BCUT2D eigenvalue weighted by Crippen LogP contribution is 2.49. The average Bonchev–Trinajstić information content (AvgIpc) is 3.33. The molecule has 0 bridgehead atoms. The number of carboxylic acids is 2. The molecule has 0 radical (unpaired) electrons. The first-order valence-electron chi connectivity index (χ1n) is 14.7. The van der Waals surface area contributed by atoms with Crippen molar-refractivity contribution in [2.45, 2.75) is 65.3 Å². The number of fused-ring (bicyclic) bond motifs is 2. The number of allylic oxidation sites excluding steroid dienone is 7. The topological polar surface area (TPSA) is 152 Å². The van der Waals surface area contributed by atoms with E-state index in [1.165, 1.54) is 0 Å². The van der Waals surface area contributed by atoms with Crippen LogP contribution in [-0.2, 0) is 15.0 Å². The van der Waals surface area contributed by atoms with E-state index in [2.05, 4.69) is 32.1 Å². The van der Waals surface area contributed by atoms with Crippen molar-refractivity contribution in [1.29, 1.82) is 15.8 Å². The highest BCUT2D eigenvalue weighted by atomic mass is 16.4. The number of hydrogen-bond acceptors (Lipinski definition) is 6. The van der Waals surface area contributed by atoms with Gasteiger partial charge in [0, 0.05) is 29.3 Å². The molecule has 0 amide bonds. The molecule has 2 N–H and O–H groups in total. The van der Waals surface area contributed by atoms with E-state index in [-0.39, 0.29) is 43.8 Å². The minimum atomic E-state index is -0.917. The normalized spacial score (nSPS) is 24.4. The summed E-state index contributed by atoms with van der Waals surface area (Å²) in [7, 11) is 0. The predicted octanol–water partition coefficient (Wildman–Crippen LogP) is 5.46. The van der Waals surface area contributed by atoms with Gasteiger partial charge in [0.1, 0.15) is 18.1 Å². The van der Waals surface area contributed by atoms with Crippen LogP contribution in [0.1, 0.15) is 65.0 Å². The van der Waals surface area contributed by atoms with E-state index in [4.69, 9.17) is 0 Å². The minimum absolute atomic E-state index is 0.0444. The molecular formula is C35H38N5O4+. The van der Waals surface area contributed by atoms with Gasteiger partial charge < -0.3 is 15.1 Å². The highest BCUT2D eigenvalue weighted by Gasteiger charge is 2.56. The summed E-state index contributed by atoms with van der Waals surface area (Å²) in [4.78, 5) is 25.0. The molecule has 44 heavy (non-hydrogen) atoms. The van der Waals surface area contributed by atoms with Crippen molar-refractivity contribution in [3.8, 4) is 18.2 Å². The smallest absolute Gasteiger partial charge is 0.309 e. The Morgan fingerprint density at radius 1 is 1.09 bits per heavy atom. The van der Waals surface area contributed by atoms with E-state index < -0.39 is 22.8 Å². The molecule has 9 nitrogen and oxygen atoms in total. The van der Waals surface area contributed by atoms with Crippen molar-refractivity contribution in [2.75, 3.05) is 18.0 Å². The second-order valence-corrected chi connectivity index (χ2v) is 12.8. The Balaban J connectivity index is 1.78. The first-order chi connectivity index (χ1) is 20.8. The van der Waals surface area contributed by atoms with Gasteiger partial charge in [0.2, 0.25) is 5.71 Å². The van der Waals surface area contributed by atoms with Crippen LogP contribution in [0.4, 0.5) is 5.69 Å². The third-order valence-electron chi connectivity index (χ3n) is 9.20. The SMILES string of the molecule is CC(/C=C(\C#N)C1=[N+](CCC(=O)O)C2C=CC(C#N)CC2C1(C)C)=C\C=C1\N(CCC(=O)O)c2ccc(C#N)cc2C1(C)C. The van der Waals surface area contributed by atoms with Crippen LogP contribution in [0.15, 0.2) is 65.4 Å². The molecule has 1 aromatic rings. The van der Waals surface area contributed by atoms with E-state index in [1.54, 1.807) is 6.07 Å². The van der Waals surface area contributed by atoms with Crippen LogP contribution < -0.4 is 4.90 Å². The number of rotatable bonds is 9. The van der Waals surface area contributed by atoms with Crippen LogP contribution in [0.5, 0.6) is 0 Å². The van der Waals surface area contributed by atoms with Crippen molar-refractivity contribution in [1.82, 2.24) is 0 Å². The first kappa shape index (κ1) is 32.0. The van der Waals surface area contributed by atoms with Crippen LogP contribution in [-0.4, -0.2) is 51.6 Å². The molecule has 226 valence electrons. The summed E-state index contributed by atoms with van der Waals surface area (Å²) < 4.78 is 2.03. The zero-order chi connectivity index (χ0) is 32.4. The standard InChI is InChI=1S/C35H37N5O4/c1-22(6-11-30-34(2,3)26-17-23(19-36)7-9-28(26)39(30)14-12-31(41)42)16-25(21-38)33-35(4,5)27-18-24(20-37)8-10-29(27)40(33)15-13-32(43)44/h6-11,16-17,24,27,29H,12-15,18H2,1-5H3,(H-,41,42,43,44)/p+1. The molecule has 4 rings (SSSR count). The fraction of sp³-hybridized carbons (Fsp3) is 0.429. The summed E-state index contributed by atoms with van der Waals surface area (Å²) in [6.07, 6.45) is 10.0. The number of nitriles is 3. The summed E-state index contributed by atoms with van der Waals surface area (Å²) in [6, 6.07) is 12.2. The Labute approximate surface area is 258 Å². The van der Waals surface area contributed by atoms with Gasteiger partial charge in [-0.1, -0.05) is 26.0 Å². The fourth-order valence-electron chi connectivity index (χ4n) is 7.02. The molecular weight excluding hydrogens is 554 g/mol. The Hall–Kier alpha value is -4.94. The quantitative estimate of drug-likeness (QED) is 0.166. The van der Waals surface area contributed by atoms with Crippen LogP contribution in [0.2, 0.25) is 0 Å². The number of carboxylic acid groups (broad SMARTS) is 2. The van der Waals surface area contributed by atoms with E-state index in [9.17, 15) is 35.6 Å². The van der Waals surface area contributed by atoms with E-state index in [0.717, 1.165) is 28.2 Å². The zero-order valence-corrected chi connectivity index (χ0v) is 25.8. The Kier molecular flexibility index (Phi) is 8.98. The molecule has 1 aromatic carbocycles. The predicted molar refractivity (Wildman–Crippen MR) is 166 cm³/mol. The molecule has 0 aromatic heterocycles. The number of hydrogen-bond donors (Lipinski definition) is 2. The lowest BCUT2D eigenvalue weighted by atomic mass is 9.67. The molecule has 3 unspecified atom stereocenters. The lowest BCUT2D eigenvalue weighted by Gasteiger charge is -2.29. The Morgan fingerprint density at radius 2 is 1.80 bits per heavy atom. The lowest BCUT2D eigenvalue weighted by molar-refractivity contribution is -0.551. The molecule has 0 saturated carbocycles. The number of carbonyl (C=O) groups is 2. The molecule has 1 aliphatic carbocycles. The number of benzene rings is 1. The van der Waals surface area contributed by atoms with Crippen molar-refractivity contribution < 1.29 is 24.4 Å². The maximum atomic E-state index is 11.5. The summed E-state index contributed by atoms with van der Waals surface area (Å²) in [5.74, 6) is -2.01. The molecule has 0 spiro atoms. The van der Waals surface area contributed by atoms with Gasteiger partial charge >= 0.3 is 11.9 Å². The highest BCUT2D eigenvalue weighted by molar-refractivity contribution is 6.05. The van der Waals surface area contributed by atoms with Crippen LogP contribution >= 0.6 is 0 Å². The van der Waals surface area contributed by atoms with Gasteiger partial charge in [-0.15, -0.1) is 0 Å². The monoisotopic (exact) mass is 592 g/mol. The zero-order valence-electron chi connectivity index (χ0n) is 25.8. The summed E-state index contributed by atoms with van der Waals surface area (Å²) in [5.41, 5.74) is 4.24. The maximum absolute atomic E-state index is 11.5. The third kappa shape index (κ3) is 5.94. The molecule has 2 aliphatic heterocycles. The van der Waals surface area contributed by atoms with Crippen LogP contribution in [0, 0.1) is 51.2 Å². The molecule has 9 heteroatoms. The van der Waals surface area contributed by atoms with E-state index >= 15 is 0 Å². The third-order valence-corrected chi connectivity index (χ3v) is 9.20. The molecule has 3 aliphatic rings. The Bertz CT molecular complexity index is 1670. The van der Waals surface area contributed by atoms with E-state index in [0.29, 0.717) is 17.6 Å². The van der Waals surface area contributed by atoms with Gasteiger partial charge in [-0.05, 0) is 74.8 Å². The maximum Gasteiger partial charge on any atom is 0.309 e. The fourth-order valence-corrected chi connectivity index (χ4v) is 7.02. The van der Waals surface area contributed by atoms with Crippen molar-refractivity contribution in [3.63, 3.8) is 0 Å². The van der Waals surface area contributed by atoms with Crippen molar-refractivity contribution in [3.05, 3.63) is 76.5 Å². The minimum Gasteiger partial charge on any atom is -0.481 e. The molecule has 0 fully saturated rings.